The van der Waals surface area contributed by atoms with Crippen molar-refractivity contribution >= 4 is 16.8 Å². The van der Waals surface area contributed by atoms with Crippen molar-refractivity contribution in [3.8, 4) is 0 Å². The maximum atomic E-state index is 8.95. The molecule has 4 nitrogen and oxygen atoms in total. The number of aliphatic hydroxyl groups excluding tert-OH is 1. The monoisotopic (exact) mass is 234 g/mol. The Kier molecular flexibility index (Phi) is 3.64. The lowest BCUT2D eigenvalue weighted by Gasteiger charge is -2.28. The molecule has 2 aromatic rings. The van der Waals surface area contributed by atoms with E-state index in [0.29, 0.717) is 6.04 Å². The third-order valence-corrected chi connectivity index (χ3v) is 2.81. The molecule has 0 saturated carbocycles. The van der Waals surface area contributed by atoms with Crippen LogP contribution in [0.3, 0.4) is 0 Å². The van der Waals surface area contributed by atoms with Gasteiger partial charge < -0.3 is 14.4 Å². The summed E-state index contributed by atoms with van der Waals surface area (Å²) in [7, 11) is 0. The number of hydrogen-bond acceptors (Lipinski definition) is 4. The average Bonchev–Trinajstić information content (AvgIpc) is 2.77. The van der Waals surface area contributed by atoms with Crippen molar-refractivity contribution in [2.45, 2.75) is 26.3 Å². The first-order chi connectivity index (χ1) is 8.24. The topological polar surface area (TPSA) is 49.5 Å². The van der Waals surface area contributed by atoms with Crippen molar-refractivity contribution in [3.05, 3.63) is 24.6 Å². The number of fused-ring (bicyclic) bond motifs is 1. The molecule has 0 aliphatic carbocycles. The lowest BCUT2D eigenvalue weighted by Crippen LogP contribution is -2.33. The second-order valence-corrected chi connectivity index (χ2v) is 4.33. The quantitative estimate of drug-likeness (QED) is 0.863. The highest BCUT2D eigenvalue weighted by Gasteiger charge is 2.15. The Labute approximate surface area is 101 Å². The molecule has 0 aliphatic rings. The molecule has 0 spiro atoms. The lowest BCUT2D eigenvalue weighted by molar-refractivity contribution is 0.288. The van der Waals surface area contributed by atoms with Crippen LogP contribution in [0.15, 0.2) is 29.0 Å². The molecule has 0 unspecified atom stereocenters. The van der Waals surface area contributed by atoms with Crippen LogP contribution in [0.2, 0.25) is 0 Å². The highest BCUT2D eigenvalue weighted by Crippen LogP contribution is 2.26. The van der Waals surface area contributed by atoms with Gasteiger partial charge in [0.25, 0.3) is 0 Å². The van der Waals surface area contributed by atoms with Crippen LogP contribution >= 0.6 is 0 Å². The largest absolute Gasteiger partial charge is 0.464 e. The fourth-order valence-corrected chi connectivity index (χ4v) is 1.96. The SMILES string of the molecule is CC(C)N(CCCO)c1nccc2occc12. The zero-order valence-corrected chi connectivity index (χ0v) is 10.3. The Bertz CT molecular complexity index is 479. The fraction of sp³-hybridized carbons (Fsp3) is 0.462. The van der Waals surface area contributed by atoms with Gasteiger partial charge in [0.1, 0.15) is 11.4 Å². The second kappa shape index (κ2) is 5.19. The molecule has 0 atom stereocenters. The van der Waals surface area contributed by atoms with Crippen molar-refractivity contribution < 1.29 is 9.52 Å². The van der Waals surface area contributed by atoms with Crippen LogP contribution in [0.4, 0.5) is 5.82 Å². The minimum atomic E-state index is 0.199. The average molecular weight is 234 g/mol. The molecule has 4 heteroatoms. The molecular formula is C13H18N2O2. The van der Waals surface area contributed by atoms with Crippen LogP contribution in [0.25, 0.3) is 11.0 Å². The molecule has 0 amide bonds. The van der Waals surface area contributed by atoms with Crippen LogP contribution < -0.4 is 4.90 Å². The summed E-state index contributed by atoms with van der Waals surface area (Å²) in [5.41, 5.74) is 0.852. The van der Waals surface area contributed by atoms with E-state index in [1.54, 1.807) is 12.5 Å². The van der Waals surface area contributed by atoms with Crippen LogP contribution in [0, 0.1) is 0 Å². The predicted molar refractivity (Wildman–Crippen MR) is 68.2 cm³/mol. The third-order valence-electron chi connectivity index (χ3n) is 2.81. The number of nitrogens with zero attached hydrogens (tertiary/aromatic N) is 2. The van der Waals surface area contributed by atoms with Gasteiger partial charge in [0.2, 0.25) is 0 Å². The Hall–Kier alpha value is -1.55. The lowest BCUT2D eigenvalue weighted by atomic mass is 10.2. The first-order valence-electron chi connectivity index (χ1n) is 5.93. The van der Waals surface area contributed by atoms with E-state index in [4.69, 9.17) is 9.52 Å². The van der Waals surface area contributed by atoms with Crippen molar-refractivity contribution in [1.29, 1.82) is 0 Å². The van der Waals surface area contributed by atoms with Crippen molar-refractivity contribution in [2.24, 2.45) is 0 Å². The molecule has 17 heavy (non-hydrogen) atoms. The summed E-state index contributed by atoms with van der Waals surface area (Å²) in [6, 6.07) is 4.14. The van der Waals surface area contributed by atoms with Crippen molar-refractivity contribution in [2.75, 3.05) is 18.1 Å². The number of aliphatic hydroxyl groups is 1. The summed E-state index contributed by atoms with van der Waals surface area (Å²) in [4.78, 5) is 6.63. The Morgan fingerprint density at radius 3 is 2.94 bits per heavy atom. The summed E-state index contributed by atoms with van der Waals surface area (Å²) in [6.45, 7) is 5.24. The summed E-state index contributed by atoms with van der Waals surface area (Å²) in [5, 5.41) is 9.98. The van der Waals surface area contributed by atoms with E-state index in [0.717, 1.165) is 29.8 Å². The van der Waals surface area contributed by atoms with E-state index in [-0.39, 0.29) is 6.61 Å². The molecule has 0 bridgehead atoms. The second-order valence-electron chi connectivity index (χ2n) is 4.33. The van der Waals surface area contributed by atoms with E-state index < -0.39 is 0 Å². The summed E-state index contributed by atoms with van der Waals surface area (Å²) in [6.07, 6.45) is 4.18. The van der Waals surface area contributed by atoms with Gasteiger partial charge in [0, 0.05) is 25.4 Å². The molecule has 0 saturated heterocycles. The summed E-state index contributed by atoms with van der Waals surface area (Å²) >= 11 is 0. The number of furan rings is 1. The number of pyridine rings is 1. The standard InChI is InChI=1S/C13H18N2O2/c1-10(2)15(7-3-8-16)13-11-5-9-17-12(11)4-6-14-13/h4-6,9-10,16H,3,7-8H2,1-2H3. The minimum absolute atomic E-state index is 0.199. The van der Waals surface area contributed by atoms with Crippen LogP contribution in [-0.2, 0) is 0 Å². The van der Waals surface area contributed by atoms with Gasteiger partial charge in [-0.1, -0.05) is 0 Å². The molecule has 0 aromatic carbocycles. The van der Waals surface area contributed by atoms with Gasteiger partial charge in [-0.05, 0) is 32.4 Å². The van der Waals surface area contributed by atoms with Crippen molar-refractivity contribution in [3.63, 3.8) is 0 Å². The molecule has 0 fully saturated rings. The van der Waals surface area contributed by atoms with Crippen LogP contribution in [0.5, 0.6) is 0 Å². The van der Waals surface area contributed by atoms with E-state index in [9.17, 15) is 0 Å². The molecule has 1 N–H and O–H groups in total. The number of rotatable bonds is 5. The summed E-state index contributed by atoms with van der Waals surface area (Å²) < 4.78 is 5.38. The van der Waals surface area contributed by atoms with Gasteiger partial charge in [-0.2, -0.15) is 0 Å². The zero-order valence-electron chi connectivity index (χ0n) is 10.3. The zero-order chi connectivity index (χ0) is 12.3. The van der Waals surface area contributed by atoms with E-state index >= 15 is 0 Å². The highest BCUT2D eigenvalue weighted by atomic mass is 16.3. The molecule has 0 radical (unpaired) electrons. The first-order valence-corrected chi connectivity index (χ1v) is 5.93. The number of aromatic nitrogens is 1. The Morgan fingerprint density at radius 2 is 2.24 bits per heavy atom. The maximum absolute atomic E-state index is 8.95. The van der Waals surface area contributed by atoms with Gasteiger partial charge in [0.05, 0.1) is 11.6 Å². The Balaban J connectivity index is 2.37. The predicted octanol–water partition coefficient (Wildman–Crippen LogP) is 2.43. The van der Waals surface area contributed by atoms with Gasteiger partial charge in [0.15, 0.2) is 0 Å². The van der Waals surface area contributed by atoms with Gasteiger partial charge in [-0.15, -0.1) is 0 Å². The molecule has 2 aromatic heterocycles. The number of hydrogen-bond donors (Lipinski definition) is 1. The van der Waals surface area contributed by atoms with Crippen molar-refractivity contribution in [1.82, 2.24) is 4.98 Å². The van der Waals surface area contributed by atoms with Gasteiger partial charge in [-0.3, -0.25) is 0 Å². The summed E-state index contributed by atoms with van der Waals surface area (Å²) in [5.74, 6) is 0.930. The van der Waals surface area contributed by atoms with E-state index in [1.807, 2.05) is 12.1 Å². The molecule has 92 valence electrons. The highest BCUT2D eigenvalue weighted by molar-refractivity contribution is 5.88. The van der Waals surface area contributed by atoms with E-state index in [1.165, 1.54) is 0 Å². The van der Waals surface area contributed by atoms with Gasteiger partial charge in [-0.25, -0.2) is 4.98 Å². The molecule has 2 rings (SSSR count). The molecule has 0 aliphatic heterocycles. The minimum Gasteiger partial charge on any atom is -0.464 e. The molecule has 2 heterocycles. The normalized spacial score (nSPS) is 11.3. The fourth-order valence-electron chi connectivity index (χ4n) is 1.96. The van der Waals surface area contributed by atoms with Gasteiger partial charge >= 0.3 is 0 Å². The first kappa shape index (κ1) is 11.9. The maximum Gasteiger partial charge on any atom is 0.139 e. The smallest absolute Gasteiger partial charge is 0.139 e. The Morgan fingerprint density at radius 1 is 1.41 bits per heavy atom. The number of anilines is 1. The van der Waals surface area contributed by atoms with Crippen LogP contribution in [-0.4, -0.2) is 29.3 Å². The van der Waals surface area contributed by atoms with E-state index in [2.05, 4.69) is 23.7 Å². The third kappa shape index (κ3) is 2.42. The van der Waals surface area contributed by atoms with Crippen LogP contribution in [0.1, 0.15) is 20.3 Å². The molecular weight excluding hydrogens is 216 g/mol.